The molecule has 1 aromatic rings. The molecule has 1 aliphatic rings. The number of hydrogen-bond acceptors (Lipinski definition) is 4. The molecule has 0 saturated carbocycles. The van der Waals surface area contributed by atoms with E-state index in [1.807, 2.05) is 6.92 Å². The molecule has 6 nitrogen and oxygen atoms in total. The number of hydrogen-bond donors (Lipinski definition) is 1. The molecule has 0 bridgehead atoms. The van der Waals surface area contributed by atoms with Gasteiger partial charge in [0.05, 0.1) is 22.5 Å². The standard InChI is InChI=1S/C13H16BrClN2O4S/c1-2-21-13-10(14)4-9(15)5-11(13)17-6-8(3-12(17)18)7-22(16,19)20/h4-5,8H,2-3,6-7H2,1H3,(H2,16,19,20). The van der Waals surface area contributed by atoms with Crippen LogP contribution in [0.15, 0.2) is 16.6 Å². The molecule has 22 heavy (non-hydrogen) atoms. The maximum Gasteiger partial charge on any atom is 0.227 e. The topological polar surface area (TPSA) is 89.7 Å². The number of nitrogens with two attached hydrogens (primary N) is 1. The summed E-state index contributed by atoms with van der Waals surface area (Å²) in [6, 6.07) is 3.31. The van der Waals surface area contributed by atoms with Gasteiger partial charge in [-0.05, 0) is 35.0 Å². The molecule has 1 fully saturated rings. The average molecular weight is 412 g/mol. The normalized spacial score (nSPS) is 18.8. The van der Waals surface area contributed by atoms with Crippen LogP contribution in [0.1, 0.15) is 13.3 Å². The molecule has 1 saturated heterocycles. The molecule has 0 radical (unpaired) electrons. The Morgan fingerprint density at radius 3 is 2.77 bits per heavy atom. The maximum absolute atomic E-state index is 12.2. The molecule has 1 atom stereocenters. The molecule has 122 valence electrons. The monoisotopic (exact) mass is 410 g/mol. The van der Waals surface area contributed by atoms with E-state index in [1.165, 1.54) is 4.90 Å². The van der Waals surface area contributed by atoms with E-state index in [0.29, 0.717) is 27.5 Å². The van der Waals surface area contributed by atoms with Crippen molar-refractivity contribution >= 4 is 49.1 Å². The Hall–Kier alpha value is -0.830. The number of halogens is 2. The quantitative estimate of drug-likeness (QED) is 0.804. The zero-order chi connectivity index (χ0) is 16.5. The highest BCUT2D eigenvalue weighted by molar-refractivity contribution is 9.10. The van der Waals surface area contributed by atoms with Crippen molar-refractivity contribution in [2.75, 3.05) is 23.8 Å². The molecule has 0 spiro atoms. The third-order valence-corrected chi connectivity index (χ3v) is 4.98. The van der Waals surface area contributed by atoms with Crippen LogP contribution in [-0.4, -0.2) is 33.2 Å². The minimum absolute atomic E-state index is 0.131. The van der Waals surface area contributed by atoms with Gasteiger partial charge in [0.2, 0.25) is 15.9 Å². The van der Waals surface area contributed by atoms with Crippen molar-refractivity contribution in [3.8, 4) is 5.75 Å². The maximum atomic E-state index is 12.2. The van der Waals surface area contributed by atoms with Crippen molar-refractivity contribution in [1.82, 2.24) is 0 Å². The second kappa shape index (κ2) is 6.74. The van der Waals surface area contributed by atoms with Crippen LogP contribution in [0.5, 0.6) is 5.75 Å². The van der Waals surface area contributed by atoms with Crippen LogP contribution in [0.4, 0.5) is 5.69 Å². The van der Waals surface area contributed by atoms with E-state index in [9.17, 15) is 13.2 Å². The van der Waals surface area contributed by atoms with E-state index in [2.05, 4.69) is 15.9 Å². The van der Waals surface area contributed by atoms with Crippen LogP contribution < -0.4 is 14.8 Å². The van der Waals surface area contributed by atoms with E-state index in [-0.39, 0.29) is 30.5 Å². The van der Waals surface area contributed by atoms with Crippen molar-refractivity contribution in [3.63, 3.8) is 0 Å². The lowest BCUT2D eigenvalue weighted by Crippen LogP contribution is -2.28. The Morgan fingerprint density at radius 1 is 1.50 bits per heavy atom. The van der Waals surface area contributed by atoms with Gasteiger partial charge in [-0.1, -0.05) is 11.6 Å². The first-order valence-electron chi connectivity index (χ1n) is 6.64. The molecule has 2 N–H and O–H groups in total. The van der Waals surface area contributed by atoms with E-state index >= 15 is 0 Å². The minimum Gasteiger partial charge on any atom is -0.490 e. The van der Waals surface area contributed by atoms with Crippen LogP contribution in [0, 0.1) is 5.92 Å². The Balaban J connectivity index is 2.34. The highest BCUT2D eigenvalue weighted by Crippen LogP contribution is 2.41. The zero-order valence-electron chi connectivity index (χ0n) is 11.9. The highest BCUT2D eigenvalue weighted by atomic mass is 79.9. The third-order valence-electron chi connectivity index (χ3n) is 3.24. The third kappa shape index (κ3) is 4.13. The van der Waals surface area contributed by atoms with Gasteiger partial charge in [-0.25, -0.2) is 13.6 Å². The van der Waals surface area contributed by atoms with Gasteiger partial charge in [0, 0.05) is 23.9 Å². The van der Waals surface area contributed by atoms with Crippen LogP contribution in [0.3, 0.4) is 0 Å². The van der Waals surface area contributed by atoms with E-state index in [0.717, 1.165) is 0 Å². The number of rotatable bonds is 5. The predicted molar refractivity (Wildman–Crippen MR) is 88.8 cm³/mol. The van der Waals surface area contributed by atoms with Crippen LogP contribution >= 0.6 is 27.5 Å². The van der Waals surface area contributed by atoms with Gasteiger partial charge in [0.25, 0.3) is 0 Å². The van der Waals surface area contributed by atoms with Crippen molar-refractivity contribution < 1.29 is 17.9 Å². The Labute approximate surface area is 142 Å². The molecule has 0 aromatic heterocycles. The summed E-state index contributed by atoms with van der Waals surface area (Å²) in [5.74, 6) is -0.226. The summed E-state index contributed by atoms with van der Waals surface area (Å²) in [5.41, 5.74) is 0.531. The average Bonchev–Trinajstić information content (AvgIpc) is 2.70. The number of ether oxygens (including phenoxy) is 1. The smallest absolute Gasteiger partial charge is 0.227 e. The lowest BCUT2D eigenvalue weighted by atomic mass is 10.1. The Bertz CT molecular complexity index is 696. The number of anilines is 1. The molecule has 1 heterocycles. The van der Waals surface area contributed by atoms with E-state index in [4.69, 9.17) is 21.5 Å². The summed E-state index contributed by atoms with van der Waals surface area (Å²) in [6.45, 7) is 2.53. The summed E-state index contributed by atoms with van der Waals surface area (Å²) >= 11 is 9.42. The van der Waals surface area contributed by atoms with Gasteiger partial charge in [-0.2, -0.15) is 0 Å². The highest BCUT2D eigenvalue weighted by Gasteiger charge is 2.34. The first-order chi connectivity index (χ1) is 10.2. The van der Waals surface area contributed by atoms with Gasteiger partial charge in [0.15, 0.2) is 5.75 Å². The number of sulfonamides is 1. The summed E-state index contributed by atoms with van der Waals surface area (Å²) in [6.07, 6.45) is 0.131. The minimum atomic E-state index is -3.62. The molecule has 9 heteroatoms. The molecular formula is C13H16BrClN2O4S. The molecule has 1 aromatic carbocycles. The number of carbonyl (C=O) groups excluding carboxylic acids is 1. The summed E-state index contributed by atoms with van der Waals surface area (Å²) < 4.78 is 28.6. The summed E-state index contributed by atoms with van der Waals surface area (Å²) in [5, 5.41) is 5.51. The fraction of sp³-hybridized carbons (Fsp3) is 0.462. The molecule has 2 rings (SSSR count). The second-order valence-electron chi connectivity index (χ2n) is 5.07. The Morgan fingerprint density at radius 2 is 2.18 bits per heavy atom. The largest absolute Gasteiger partial charge is 0.490 e. The first-order valence-corrected chi connectivity index (χ1v) is 9.52. The molecule has 1 aliphatic heterocycles. The van der Waals surface area contributed by atoms with E-state index < -0.39 is 10.0 Å². The van der Waals surface area contributed by atoms with Gasteiger partial charge >= 0.3 is 0 Å². The van der Waals surface area contributed by atoms with Crippen molar-refractivity contribution in [1.29, 1.82) is 0 Å². The van der Waals surface area contributed by atoms with Crippen molar-refractivity contribution in [3.05, 3.63) is 21.6 Å². The molecule has 0 aliphatic carbocycles. The van der Waals surface area contributed by atoms with Gasteiger partial charge in [-0.3, -0.25) is 4.79 Å². The Kier molecular flexibility index (Phi) is 5.37. The number of nitrogens with zero attached hydrogens (tertiary/aromatic N) is 1. The number of amides is 1. The zero-order valence-corrected chi connectivity index (χ0v) is 15.0. The van der Waals surface area contributed by atoms with Crippen molar-refractivity contribution in [2.24, 2.45) is 11.1 Å². The number of primary sulfonamides is 1. The van der Waals surface area contributed by atoms with Gasteiger partial charge in [-0.15, -0.1) is 0 Å². The number of benzene rings is 1. The molecule has 1 unspecified atom stereocenters. The summed E-state index contributed by atoms with van der Waals surface area (Å²) in [4.78, 5) is 13.7. The molecular weight excluding hydrogens is 396 g/mol. The predicted octanol–water partition coefficient (Wildman–Crippen LogP) is 2.14. The fourth-order valence-corrected chi connectivity index (χ4v) is 4.28. The lowest BCUT2D eigenvalue weighted by Gasteiger charge is -2.21. The van der Waals surface area contributed by atoms with Crippen LogP contribution in [0.25, 0.3) is 0 Å². The van der Waals surface area contributed by atoms with Crippen LogP contribution in [-0.2, 0) is 14.8 Å². The molecule has 1 amide bonds. The SMILES string of the molecule is CCOc1c(Br)cc(Cl)cc1N1CC(CS(N)(=O)=O)CC1=O. The van der Waals surface area contributed by atoms with Crippen molar-refractivity contribution in [2.45, 2.75) is 13.3 Å². The van der Waals surface area contributed by atoms with Gasteiger partial charge < -0.3 is 9.64 Å². The number of carbonyl (C=O) groups is 1. The van der Waals surface area contributed by atoms with Gasteiger partial charge in [0.1, 0.15) is 0 Å². The van der Waals surface area contributed by atoms with E-state index in [1.54, 1.807) is 12.1 Å². The summed E-state index contributed by atoms with van der Waals surface area (Å²) in [7, 11) is -3.62. The first kappa shape index (κ1) is 17.5. The van der Waals surface area contributed by atoms with Crippen LogP contribution in [0.2, 0.25) is 5.02 Å². The lowest BCUT2D eigenvalue weighted by molar-refractivity contribution is -0.117. The fourth-order valence-electron chi connectivity index (χ4n) is 2.49. The second-order valence-corrected chi connectivity index (χ2v) is 8.02.